The maximum absolute atomic E-state index is 5.64. The van der Waals surface area contributed by atoms with Crippen molar-refractivity contribution in [1.29, 1.82) is 0 Å². The summed E-state index contributed by atoms with van der Waals surface area (Å²) in [6.07, 6.45) is 7.18. The Balaban J connectivity index is 1.37. The lowest BCUT2D eigenvalue weighted by Crippen LogP contribution is -2.42. The minimum atomic E-state index is 0.574. The lowest BCUT2D eigenvalue weighted by Gasteiger charge is -2.38. The summed E-state index contributed by atoms with van der Waals surface area (Å²) in [4.78, 5) is 11.4. The molecule has 0 amide bonds. The molecule has 1 aromatic carbocycles. The van der Waals surface area contributed by atoms with E-state index in [0.717, 1.165) is 30.3 Å². The standard InChI is InChI=1S/C20H26N4O/c1-15-4-6-16(7-5-15)18-23-17(13-25-18)12-22-19(21-2)24-11-10-20(14-24)8-3-9-20/h4-7,13H,3,8-12,14H2,1-2H3,(H,21,22). The molecule has 0 atom stereocenters. The molecule has 5 heteroatoms. The van der Waals surface area contributed by atoms with Gasteiger partial charge in [-0.15, -0.1) is 0 Å². The fourth-order valence-electron chi connectivity index (χ4n) is 3.92. The molecule has 1 aliphatic carbocycles. The number of nitrogens with zero attached hydrogens (tertiary/aromatic N) is 3. The largest absolute Gasteiger partial charge is 0.444 e. The summed E-state index contributed by atoms with van der Waals surface area (Å²) < 4.78 is 5.64. The first kappa shape index (κ1) is 16.2. The summed E-state index contributed by atoms with van der Waals surface area (Å²) in [6, 6.07) is 8.23. The second kappa shape index (κ2) is 6.54. The molecule has 2 fully saturated rings. The van der Waals surface area contributed by atoms with Gasteiger partial charge in [-0.25, -0.2) is 4.98 Å². The molecule has 1 aliphatic heterocycles. The van der Waals surface area contributed by atoms with Gasteiger partial charge in [-0.1, -0.05) is 24.1 Å². The number of benzene rings is 1. The van der Waals surface area contributed by atoms with Crippen LogP contribution in [-0.2, 0) is 6.54 Å². The van der Waals surface area contributed by atoms with E-state index < -0.39 is 0 Å². The van der Waals surface area contributed by atoms with Crippen molar-refractivity contribution in [2.24, 2.45) is 10.4 Å². The van der Waals surface area contributed by atoms with Crippen LogP contribution < -0.4 is 5.32 Å². The first-order valence-electron chi connectivity index (χ1n) is 9.15. The van der Waals surface area contributed by atoms with Crippen molar-refractivity contribution in [3.05, 3.63) is 41.8 Å². The highest BCUT2D eigenvalue weighted by Crippen LogP contribution is 2.47. The van der Waals surface area contributed by atoms with Crippen LogP contribution in [0.15, 0.2) is 39.9 Å². The van der Waals surface area contributed by atoms with Crippen molar-refractivity contribution in [3.63, 3.8) is 0 Å². The van der Waals surface area contributed by atoms with Crippen molar-refractivity contribution < 1.29 is 4.42 Å². The van der Waals surface area contributed by atoms with E-state index >= 15 is 0 Å². The second-order valence-electron chi connectivity index (χ2n) is 7.44. The van der Waals surface area contributed by atoms with Gasteiger partial charge in [-0.05, 0) is 43.7 Å². The Kier molecular flexibility index (Phi) is 4.24. The molecule has 0 bridgehead atoms. The molecule has 2 aromatic rings. The van der Waals surface area contributed by atoms with Crippen molar-refractivity contribution in [2.45, 2.75) is 39.2 Å². The van der Waals surface area contributed by atoms with Crippen LogP contribution in [0.2, 0.25) is 0 Å². The number of hydrogen-bond acceptors (Lipinski definition) is 3. The van der Waals surface area contributed by atoms with Crippen molar-refractivity contribution >= 4 is 5.96 Å². The van der Waals surface area contributed by atoms with E-state index in [2.05, 4.69) is 39.2 Å². The molecular weight excluding hydrogens is 312 g/mol. The van der Waals surface area contributed by atoms with Crippen LogP contribution in [0.3, 0.4) is 0 Å². The lowest BCUT2D eigenvalue weighted by molar-refractivity contribution is 0.151. The smallest absolute Gasteiger partial charge is 0.226 e. The van der Waals surface area contributed by atoms with Gasteiger partial charge in [0.15, 0.2) is 5.96 Å². The summed E-state index contributed by atoms with van der Waals surface area (Å²) in [5.41, 5.74) is 3.71. The predicted octanol–water partition coefficient (Wildman–Crippen LogP) is 3.60. The van der Waals surface area contributed by atoms with E-state index in [9.17, 15) is 0 Å². The Bertz CT molecular complexity index is 758. The summed E-state index contributed by atoms with van der Waals surface area (Å²) in [7, 11) is 1.86. The van der Waals surface area contributed by atoms with Gasteiger partial charge in [0.05, 0.1) is 12.2 Å². The quantitative estimate of drug-likeness (QED) is 0.686. The number of rotatable bonds is 3. The van der Waals surface area contributed by atoms with E-state index in [0.29, 0.717) is 17.9 Å². The normalized spacial score (nSPS) is 19.3. The highest BCUT2D eigenvalue weighted by Gasteiger charge is 2.43. The van der Waals surface area contributed by atoms with Crippen LogP contribution in [0.5, 0.6) is 0 Å². The topological polar surface area (TPSA) is 53.7 Å². The number of hydrogen-bond donors (Lipinski definition) is 1. The van der Waals surface area contributed by atoms with Gasteiger partial charge in [-0.2, -0.15) is 0 Å². The molecule has 2 aliphatic rings. The fraction of sp³-hybridized carbons (Fsp3) is 0.500. The number of guanidine groups is 1. The van der Waals surface area contributed by atoms with Crippen LogP contribution in [0, 0.1) is 12.3 Å². The molecule has 1 saturated heterocycles. The predicted molar refractivity (Wildman–Crippen MR) is 99.3 cm³/mol. The van der Waals surface area contributed by atoms with Gasteiger partial charge in [-0.3, -0.25) is 4.99 Å². The second-order valence-corrected chi connectivity index (χ2v) is 7.44. The minimum Gasteiger partial charge on any atom is -0.444 e. The average molecular weight is 338 g/mol. The van der Waals surface area contributed by atoms with E-state index in [1.807, 2.05) is 19.2 Å². The summed E-state index contributed by atoms with van der Waals surface area (Å²) in [5.74, 6) is 1.64. The van der Waals surface area contributed by atoms with Crippen molar-refractivity contribution in [2.75, 3.05) is 20.1 Å². The third-order valence-electron chi connectivity index (χ3n) is 5.64. The highest BCUT2D eigenvalue weighted by atomic mass is 16.3. The Morgan fingerprint density at radius 1 is 1.28 bits per heavy atom. The molecule has 1 N–H and O–H groups in total. The van der Waals surface area contributed by atoms with Gasteiger partial charge in [0, 0.05) is 25.7 Å². The third-order valence-corrected chi connectivity index (χ3v) is 5.64. The third kappa shape index (κ3) is 3.28. The van der Waals surface area contributed by atoms with Gasteiger partial charge < -0.3 is 14.6 Å². The number of aryl methyl sites for hydroxylation is 1. The Morgan fingerprint density at radius 2 is 2.08 bits per heavy atom. The number of oxazole rings is 1. The van der Waals surface area contributed by atoms with Crippen LogP contribution in [0.25, 0.3) is 11.5 Å². The minimum absolute atomic E-state index is 0.574. The lowest BCUT2D eigenvalue weighted by atomic mass is 9.68. The van der Waals surface area contributed by atoms with Crippen LogP contribution in [0.1, 0.15) is 36.9 Å². The number of nitrogens with one attached hydrogen (secondary N) is 1. The molecule has 1 aromatic heterocycles. The highest BCUT2D eigenvalue weighted by molar-refractivity contribution is 5.80. The molecule has 1 saturated carbocycles. The molecule has 4 rings (SSSR count). The zero-order chi connectivity index (χ0) is 17.3. The van der Waals surface area contributed by atoms with Crippen LogP contribution >= 0.6 is 0 Å². The van der Waals surface area contributed by atoms with Gasteiger partial charge in [0.1, 0.15) is 6.26 Å². The summed E-state index contributed by atoms with van der Waals surface area (Å²) >= 11 is 0. The maximum atomic E-state index is 5.64. The summed E-state index contributed by atoms with van der Waals surface area (Å²) in [6.45, 7) is 4.95. The molecule has 1 spiro atoms. The Labute approximate surface area is 149 Å². The van der Waals surface area contributed by atoms with E-state index in [4.69, 9.17) is 4.42 Å². The molecule has 25 heavy (non-hydrogen) atoms. The number of likely N-dealkylation sites (tertiary alicyclic amines) is 1. The number of aromatic nitrogens is 1. The first-order chi connectivity index (χ1) is 12.2. The zero-order valence-electron chi connectivity index (χ0n) is 15.1. The zero-order valence-corrected chi connectivity index (χ0v) is 15.1. The van der Waals surface area contributed by atoms with E-state index in [-0.39, 0.29) is 0 Å². The Morgan fingerprint density at radius 3 is 2.72 bits per heavy atom. The summed E-state index contributed by atoms with van der Waals surface area (Å²) in [5, 5.41) is 3.44. The molecule has 2 heterocycles. The van der Waals surface area contributed by atoms with Crippen LogP contribution in [-0.4, -0.2) is 36.0 Å². The fourth-order valence-corrected chi connectivity index (χ4v) is 3.92. The molecule has 132 valence electrons. The monoisotopic (exact) mass is 338 g/mol. The first-order valence-corrected chi connectivity index (χ1v) is 9.15. The average Bonchev–Trinajstić information content (AvgIpc) is 3.23. The van der Waals surface area contributed by atoms with Gasteiger partial charge >= 0.3 is 0 Å². The van der Waals surface area contributed by atoms with Crippen molar-refractivity contribution in [3.8, 4) is 11.5 Å². The maximum Gasteiger partial charge on any atom is 0.226 e. The van der Waals surface area contributed by atoms with E-state index in [1.54, 1.807) is 6.26 Å². The number of aliphatic imine (C=N–C) groups is 1. The molecule has 5 nitrogen and oxygen atoms in total. The molecule has 0 unspecified atom stereocenters. The SMILES string of the molecule is CN=C(NCc1coc(-c2ccc(C)cc2)n1)N1CCC2(CCC2)C1. The van der Waals surface area contributed by atoms with Gasteiger partial charge in [0.25, 0.3) is 0 Å². The molecule has 0 radical (unpaired) electrons. The molecular formula is C20H26N4O. The van der Waals surface area contributed by atoms with Gasteiger partial charge in [0.2, 0.25) is 5.89 Å². The Hall–Kier alpha value is -2.30. The van der Waals surface area contributed by atoms with Crippen molar-refractivity contribution in [1.82, 2.24) is 15.2 Å². The van der Waals surface area contributed by atoms with E-state index in [1.165, 1.54) is 31.2 Å². The van der Waals surface area contributed by atoms with Crippen LogP contribution in [0.4, 0.5) is 0 Å².